The van der Waals surface area contributed by atoms with Gasteiger partial charge in [0.15, 0.2) is 9.84 Å². The number of hydrogen-bond acceptors (Lipinski definition) is 3. The van der Waals surface area contributed by atoms with Gasteiger partial charge in [-0.05, 0) is 42.9 Å². The molecule has 1 aromatic rings. The Kier molecular flexibility index (Phi) is 4.21. The number of sulfone groups is 1. The standard InChI is InChI=1S/C16H20FNO3S/c17-14-3-1-2-12(8-14)10-18(15-4-5-15)16(19)9-13-6-7-22(20,21)11-13/h1-3,8,13,15H,4-7,9-11H2. The van der Waals surface area contributed by atoms with Gasteiger partial charge in [-0.3, -0.25) is 4.79 Å². The van der Waals surface area contributed by atoms with Gasteiger partial charge in [0.25, 0.3) is 0 Å². The second-order valence-corrected chi connectivity index (χ2v) is 8.58. The van der Waals surface area contributed by atoms with Crippen LogP contribution in [0.3, 0.4) is 0 Å². The van der Waals surface area contributed by atoms with Crippen LogP contribution in [0.15, 0.2) is 24.3 Å². The SMILES string of the molecule is O=C(CC1CCS(=O)(=O)C1)N(Cc1cccc(F)c1)C1CC1. The van der Waals surface area contributed by atoms with Gasteiger partial charge >= 0.3 is 0 Å². The van der Waals surface area contributed by atoms with Gasteiger partial charge in [-0.15, -0.1) is 0 Å². The number of carbonyl (C=O) groups excluding carboxylic acids is 1. The van der Waals surface area contributed by atoms with E-state index in [1.54, 1.807) is 11.0 Å². The highest BCUT2D eigenvalue weighted by Gasteiger charge is 2.35. The number of nitrogens with zero attached hydrogens (tertiary/aromatic N) is 1. The normalized spacial score (nSPS) is 23.4. The van der Waals surface area contributed by atoms with Crippen LogP contribution in [0.25, 0.3) is 0 Å². The maximum absolute atomic E-state index is 13.3. The Balaban J connectivity index is 1.65. The Morgan fingerprint density at radius 2 is 2.05 bits per heavy atom. The van der Waals surface area contributed by atoms with E-state index >= 15 is 0 Å². The van der Waals surface area contributed by atoms with E-state index in [1.807, 2.05) is 6.07 Å². The van der Waals surface area contributed by atoms with Crippen LogP contribution in [0.4, 0.5) is 4.39 Å². The van der Waals surface area contributed by atoms with Crippen molar-refractivity contribution >= 4 is 15.7 Å². The van der Waals surface area contributed by atoms with E-state index in [0.717, 1.165) is 18.4 Å². The Bertz CT molecular complexity index is 670. The van der Waals surface area contributed by atoms with Gasteiger partial charge in [0.1, 0.15) is 5.82 Å². The fraction of sp³-hybridized carbons (Fsp3) is 0.562. The van der Waals surface area contributed by atoms with Crippen molar-refractivity contribution in [2.45, 2.75) is 38.3 Å². The van der Waals surface area contributed by atoms with Crippen molar-refractivity contribution in [2.24, 2.45) is 5.92 Å². The lowest BCUT2D eigenvalue weighted by Gasteiger charge is -2.24. The molecule has 2 fully saturated rings. The molecule has 3 rings (SSSR count). The van der Waals surface area contributed by atoms with Crippen molar-refractivity contribution in [3.8, 4) is 0 Å². The highest BCUT2D eigenvalue weighted by molar-refractivity contribution is 7.91. The van der Waals surface area contributed by atoms with E-state index in [2.05, 4.69) is 0 Å². The first-order valence-electron chi connectivity index (χ1n) is 7.67. The summed E-state index contributed by atoms with van der Waals surface area (Å²) in [6.07, 6.45) is 2.81. The highest BCUT2D eigenvalue weighted by Crippen LogP contribution is 2.31. The van der Waals surface area contributed by atoms with Gasteiger partial charge in [0.05, 0.1) is 11.5 Å². The molecule has 120 valence electrons. The molecule has 1 heterocycles. The predicted octanol–water partition coefficient (Wildman–Crippen LogP) is 2.14. The first-order valence-corrected chi connectivity index (χ1v) is 9.49. The molecule has 1 saturated carbocycles. The molecule has 0 spiro atoms. The summed E-state index contributed by atoms with van der Waals surface area (Å²) in [7, 11) is -2.96. The molecule has 2 aliphatic rings. The molecule has 0 N–H and O–H groups in total. The predicted molar refractivity (Wildman–Crippen MR) is 81.3 cm³/mol. The van der Waals surface area contributed by atoms with Crippen LogP contribution in [0.1, 0.15) is 31.2 Å². The number of benzene rings is 1. The van der Waals surface area contributed by atoms with Crippen LogP contribution in [-0.2, 0) is 21.2 Å². The van der Waals surface area contributed by atoms with Crippen molar-refractivity contribution in [3.63, 3.8) is 0 Å². The van der Waals surface area contributed by atoms with Crippen molar-refractivity contribution in [3.05, 3.63) is 35.6 Å². The molecule has 1 saturated heterocycles. The Labute approximate surface area is 130 Å². The van der Waals surface area contributed by atoms with E-state index in [-0.39, 0.29) is 41.6 Å². The third-order valence-corrected chi connectivity index (χ3v) is 6.18. The zero-order valence-corrected chi connectivity index (χ0v) is 13.2. The van der Waals surface area contributed by atoms with Crippen LogP contribution >= 0.6 is 0 Å². The van der Waals surface area contributed by atoms with Crippen LogP contribution in [-0.4, -0.2) is 36.8 Å². The Morgan fingerprint density at radius 3 is 2.64 bits per heavy atom. The third kappa shape index (κ3) is 3.85. The van der Waals surface area contributed by atoms with Crippen LogP contribution in [0.2, 0.25) is 0 Å². The van der Waals surface area contributed by atoms with Gasteiger partial charge in [-0.25, -0.2) is 12.8 Å². The molecule has 6 heteroatoms. The Hall–Kier alpha value is -1.43. The number of rotatable bonds is 5. The summed E-state index contributed by atoms with van der Waals surface area (Å²) in [5.41, 5.74) is 0.777. The average molecular weight is 325 g/mol. The lowest BCUT2D eigenvalue weighted by molar-refractivity contribution is -0.133. The average Bonchev–Trinajstić information content (AvgIpc) is 3.21. The second kappa shape index (κ2) is 5.99. The quantitative estimate of drug-likeness (QED) is 0.833. The van der Waals surface area contributed by atoms with Gasteiger partial charge in [0, 0.05) is 19.0 Å². The first kappa shape index (κ1) is 15.5. The lowest BCUT2D eigenvalue weighted by Crippen LogP contribution is -2.34. The number of carbonyl (C=O) groups is 1. The van der Waals surface area contributed by atoms with Crippen molar-refractivity contribution in [2.75, 3.05) is 11.5 Å². The molecule has 0 bridgehead atoms. The van der Waals surface area contributed by atoms with E-state index < -0.39 is 9.84 Å². The maximum atomic E-state index is 13.3. The van der Waals surface area contributed by atoms with E-state index in [1.165, 1.54) is 12.1 Å². The summed E-state index contributed by atoms with van der Waals surface area (Å²) in [5.74, 6) is -0.0575. The molecule has 1 aromatic carbocycles. The molecule has 1 aliphatic heterocycles. The third-order valence-electron chi connectivity index (χ3n) is 4.34. The van der Waals surface area contributed by atoms with Crippen molar-refractivity contribution in [1.29, 1.82) is 0 Å². The van der Waals surface area contributed by atoms with Crippen molar-refractivity contribution in [1.82, 2.24) is 4.90 Å². The number of hydrogen-bond donors (Lipinski definition) is 0. The monoisotopic (exact) mass is 325 g/mol. The first-order chi connectivity index (χ1) is 10.4. The molecule has 4 nitrogen and oxygen atoms in total. The van der Waals surface area contributed by atoms with Crippen LogP contribution in [0.5, 0.6) is 0 Å². The molecular weight excluding hydrogens is 305 g/mol. The van der Waals surface area contributed by atoms with E-state index in [4.69, 9.17) is 0 Å². The van der Waals surface area contributed by atoms with Crippen LogP contribution in [0, 0.1) is 11.7 Å². The summed E-state index contributed by atoms with van der Waals surface area (Å²) in [6.45, 7) is 0.404. The largest absolute Gasteiger partial charge is 0.335 e. The Morgan fingerprint density at radius 1 is 1.27 bits per heavy atom. The molecule has 1 amide bonds. The van der Waals surface area contributed by atoms with E-state index in [0.29, 0.717) is 13.0 Å². The van der Waals surface area contributed by atoms with Crippen molar-refractivity contribution < 1.29 is 17.6 Å². The molecule has 1 aliphatic carbocycles. The maximum Gasteiger partial charge on any atom is 0.223 e. The summed E-state index contributed by atoms with van der Waals surface area (Å²) < 4.78 is 36.3. The fourth-order valence-electron chi connectivity index (χ4n) is 3.04. The van der Waals surface area contributed by atoms with Gasteiger partial charge in [-0.1, -0.05) is 12.1 Å². The lowest BCUT2D eigenvalue weighted by atomic mass is 10.0. The molecule has 0 radical (unpaired) electrons. The topological polar surface area (TPSA) is 54.5 Å². The minimum absolute atomic E-state index is 0.00568. The van der Waals surface area contributed by atoms with E-state index in [9.17, 15) is 17.6 Å². The summed E-state index contributed by atoms with van der Waals surface area (Å²) in [5, 5.41) is 0. The highest BCUT2D eigenvalue weighted by atomic mass is 32.2. The van der Waals surface area contributed by atoms with Crippen LogP contribution < -0.4 is 0 Å². The molecule has 0 aromatic heterocycles. The minimum Gasteiger partial charge on any atom is -0.335 e. The summed E-state index contributed by atoms with van der Waals surface area (Å²) in [6, 6.07) is 6.52. The summed E-state index contributed by atoms with van der Waals surface area (Å²) in [4.78, 5) is 14.3. The van der Waals surface area contributed by atoms with Gasteiger partial charge in [-0.2, -0.15) is 0 Å². The fourth-order valence-corrected chi connectivity index (χ4v) is 4.90. The number of amides is 1. The number of halogens is 1. The summed E-state index contributed by atoms with van der Waals surface area (Å²) >= 11 is 0. The van der Waals surface area contributed by atoms with Gasteiger partial charge < -0.3 is 4.90 Å². The molecular formula is C16H20FNO3S. The van der Waals surface area contributed by atoms with Gasteiger partial charge in [0.2, 0.25) is 5.91 Å². The molecule has 22 heavy (non-hydrogen) atoms. The zero-order chi connectivity index (χ0) is 15.7. The molecule has 1 unspecified atom stereocenters. The molecule has 1 atom stereocenters. The minimum atomic E-state index is -2.96. The smallest absolute Gasteiger partial charge is 0.223 e. The zero-order valence-electron chi connectivity index (χ0n) is 12.4. The second-order valence-electron chi connectivity index (χ2n) is 6.36.